The van der Waals surface area contributed by atoms with Crippen LogP contribution in [0.15, 0.2) is 18.2 Å². The van der Waals surface area contributed by atoms with Crippen LogP contribution in [-0.2, 0) is 6.42 Å². The number of benzene rings is 1. The van der Waals surface area contributed by atoms with Crippen molar-refractivity contribution in [3.8, 4) is 11.5 Å². The molecule has 76 valence electrons. The summed E-state index contributed by atoms with van der Waals surface area (Å²) in [5.41, 5.74) is 0.103. The van der Waals surface area contributed by atoms with Gasteiger partial charge in [0, 0.05) is 12.0 Å². The van der Waals surface area contributed by atoms with Gasteiger partial charge in [-0.1, -0.05) is 0 Å². The van der Waals surface area contributed by atoms with Crippen molar-refractivity contribution in [3.63, 3.8) is 0 Å². The molecule has 0 bridgehead atoms. The lowest BCUT2D eigenvalue weighted by Gasteiger charge is -2.24. The van der Waals surface area contributed by atoms with Crippen molar-refractivity contribution in [1.29, 1.82) is 0 Å². The molecule has 0 fully saturated rings. The molecule has 0 aliphatic carbocycles. The molecule has 0 aromatic heterocycles. The summed E-state index contributed by atoms with van der Waals surface area (Å²) >= 11 is 0. The summed E-state index contributed by atoms with van der Waals surface area (Å²) < 4.78 is 5.57. The Balaban J connectivity index is 2.26. The monoisotopic (exact) mass is 194 g/mol. The summed E-state index contributed by atoms with van der Waals surface area (Å²) in [5.74, 6) is 0.999. The Morgan fingerprint density at radius 1 is 1.43 bits per heavy atom. The van der Waals surface area contributed by atoms with Gasteiger partial charge in [-0.15, -0.1) is 0 Å². The Morgan fingerprint density at radius 3 is 2.79 bits per heavy atom. The fourth-order valence-electron chi connectivity index (χ4n) is 1.63. The van der Waals surface area contributed by atoms with Crippen molar-refractivity contribution in [2.24, 2.45) is 0 Å². The Hall–Kier alpha value is -1.22. The van der Waals surface area contributed by atoms with E-state index in [1.54, 1.807) is 32.0 Å². The highest BCUT2D eigenvalue weighted by Crippen LogP contribution is 2.34. The van der Waals surface area contributed by atoms with Gasteiger partial charge in [-0.05, 0) is 32.0 Å². The van der Waals surface area contributed by atoms with E-state index >= 15 is 0 Å². The number of aromatic hydroxyl groups is 1. The van der Waals surface area contributed by atoms with Crippen molar-refractivity contribution in [1.82, 2.24) is 0 Å². The quantitative estimate of drug-likeness (QED) is 0.711. The topological polar surface area (TPSA) is 49.7 Å². The second-order valence-electron chi connectivity index (χ2n) is 4.26. The van der Waals surface area contributed by atoms with Gasteiger partial charge in [0.1, 0.15) is 17.6 Å². The Bertz CT molecular complexity index is 352. The molecule has 1 heterocycles. The molecule has 0 radical (unpaired) electrons. The molecule has 0 spiro atoms. The van der Waals surface area contributed by atoms with Gasteiger partial charge < -0.3 is 14.9 Å². The first-order valence-electron chi connectivity index (χ1n) is 4.68. The Kier molecular flexibility index (Phi) is 1.93. The first kappa shape index (κ1) is 9.34. The number of rotatable bonds is 1. The predicted molar refractivity (Wildman–Crippen MR) is 52.5 cm³/mol. The molecule has 3 heteroatoms. The van der Waals surface area contributed by atoms with Gasteiger partial charge in [0.05, 0.1) is 5.60 Å². The molecule has 0 amide bonds. The molecule has 3 nitrogen and oxygen atoms in total. The minimum Gasteiger partial charge on any atom is -0.508 e. The maximum Gasteiger partial charge on any atom is 0.131 e. The van der Waals surface area contributed by atoms with Gasteiger partial charge in [0.15, 0.2) is 0 Å². The van der Waals surface area contributed by atoms with Gasteiger partial charge in [-0.25, -0.2) is 0 Å². The van der Waals surface area contributed by atoms with Crippen LogP contribution in [0.1, 0.15) is 19.4 Å². The molecule has 1 aliphatic heterocycles. The van der Waals surface area contributed by atoms with Gasteiger partial charge in [0.25, 0.3) is 0 Å². The first-order chi connectivity index (χ1) is 6.47. The highest BCUT2D eigenvalue weighted by atomic mass is 16.5. The van der Waals surface area contributed by atoms with Gasteiger partial charge in [0.2, 0.25) is 0 Å². The van der Waals surface area contributed by atoms with E-state index in [9.17, 15) is 10.2 Å². The minimum absolute atomic E-state index is 0.223. The van der Waals surface area contributed by atoms with Crippen LogP contribution in [0.3, 0.4) is 0 Å². The van der Waals surface area contributed by atoms with E-state index in [0.29, 0.717) is 6.42 Å². The summed E-state index contributed by atoms with van der Waals surface area (Å²) in [5, 5.41) is 19.0. The first-order valence-corrected chi connectivity index (χ1v) is 4.68. The second kappa shape index (κ2) is 2.89. The molecule has 1 atom stereocenters. The number of hydrogen-bond acceptors (Lipinski definition) is 3. The van der Waals surface area contributed by atoms with Crippen LogP contribution < -0.4 is 4.74 Å². The Labute approximate surface area is 83.0 Å². The van der Waals surface area contributed by atoms with Gasteiger partial charge >= 0.3 is 0 Å². The molecular formula is C11H14O3. The third-order valence-electron chi connectivity index (χ3n) is 2.51. The van der Waals surface area contributed by atoms with Gasteiger partial charge in [-0.2, -0.15) is 0 Å². The maximum atomic E-state index is 9.77. The fraction of sp³-hybridized carbons (Fsp3) is 0.455. The van der Waals surface area contributed by atoms with E-state index < -0.39 is 5.60 Å². The third-order valence-corrected chi connectivity index (χ3v) is 2.51. The molecule has 2 rings (SSSR count). The Morgan fingerprint density at radius 2 is 2.14 bits per heavy atom. The van der Waals surface area contributed by atoms with Crippen molar-refractivity contribution in [2.75, 3.05) is 0 Å². The van der Waals surface area contributed by atoms with E-state index in [2.05, 4.69) is 0 Å². The van der Waals surface area contributed by atoms with Crippen LogP contribution in [0, 0.1) is 0 Å². The number of aliphatic hydroxyl groups is 1. The molecule has 0 saturated carbocycles. The molecule has 0 saturated heterocycles. The van der Waals surface area contributed by atoms with Crippen LogP contribution in [0.4, 0.5) is 0 Å². The van der Waals surface area contributed by atoms with E-state index in [4.69, 9.17) is 4.74 Å². The molecular weight excluding hydrogens is 180 g/mol. The number of ether oxygens (including phenoxy) is 1. The van der Waals surface area contributed by atoms with Crippen LogP contribution in [0.2, 0.25) is 0 Å². The highest BCUT2D eigenvalue weighted by Gasteiger charge is 2.34. The molecule has 14 heavy (non-hydrogen) atoms. The number of phenolic OH excluding ortho intramolecular Hbond substituents is 1. The summed E-state index contributed by atoms with van der Waals surface area (Å²) in [7, 11) is 0. The van der Waals surface area contributed by atoms with Crippen LogP contribution in [0.5, 0.6) is 11.5 Å². The fourth-order valence-corrected chi connectivity index (χ4v) is 1.63. The zero-order chi connectivity index (χ0) is 10.3. The van der Waals surface area contributed by atoms with Crippen LogP contribution in [0.25, 0.3) is 0 Å². The third kappa shape index (κ3) is 1.55. The molecule has 2 N–H and O–H groups in total. The average Bonchev–Trinajstić information content (AvgIpc) is 2.45. The van der Waals surface area contributed by atoms with E-state index in [-0.39, 0.29) is 11.9 Å². The normalized spacial score (nSPS) is 20.4. The summed E-state index contributed by atoms with van der Waals surface area (Å²) in [6.07, 6.45) is 0.423. The van der Waals surface area contributed by atoms with Crippen molar-refractivity contribution in [2.45, 2.75) is 32.0 Å². The lowest BCUT2D eigenvalue weighted by atomic mass is 9.97. The summed E-state index contributed by atoms with van der Waals surface area (Å²) in [4.78, 5) is 0. The second-order valence-corrected chi connectivity index (χ2v) is 4.26. The summed E-state index contributed by atoms with van der Waals surface area (Å²) in [6.45, 7) is 3.45. The number of fused-ring (bicyclic) bond motifs is 1. The number of phenols is 1. The van der Waals surface area contributed by atoms with Crippen molar-refractivity contribution < 1.29 is 14.9 Å². The lowest BCUT2D eigenvalue weighted by Crippen LogP contribution is -2.39. The average molecular weight is 194 g/mol. The van der Waals surface area contributed by atoms with E-state index in [0.717, 1.165) is 11.3 Å². The molecule has 1 aromatic carbocycles. The highest BCUT2D eigenvalue weighted by molar-refractivity contribution is 5.43. The van der Waals surface area contributed by atoms with Crippen LogP contribution in [-0.4, -0.2) is 21.9 Å². The number of hydrogen-bond donors (Lipinski definition) is 2. The molecule has 1 aliphatic rings. The largest absolute Gasteiger partial charge is 0.508 e. The molecule has 1 aromatic rings. The lowest BCUT2D eigenvalue weighted by molar-refractivity contribution is -0.0229. The zero-order valence-electron chi connectivity index (χ0n) is 8.32. The summed E-state index contributed by atoms with van der Waals surface area (Å²) in [6, 6.07) is 5.00. The van der Waals surface area contributed by atoms with E-state index in [1.807, 2.05) is 0 Å². The molecule has 0 unspecified atom stereocenters. The van der Waals surface area contributed by atoms with Crippen molar-refractivity contribution >= 4 is 0 Å². The maximum absolute atomic E-state index is 9.77. The van der Waals surface area contributed by atoms with Gasteiger partial charge in [-0.3, -0.25) is 0 Å². The van der Waals surface area contributed by atoms with E-state index in [1.165, 1.54) is 0 Å². The standard InChI is InChI=1S/C11H14O3/c1-11(2,13)10-6-7-5-8(12)3-4-9(7)14-10/h3-5,10,12-13H,6H2,1-2H3/t10-/m1/s1. The smallest absolute Gasteiger partial charge is 0.131 e. The van der Waals surface area contributed by atoms with Crippen molar-refractivity contribution in [3.05, 3.63) is 23.8 Å². The zero-order valence-corrected chi connectivity index (χ0v) is 8.32. The SMILES string of the molecule is CC(C)(O)[C@H]1Cc2cc(O)ccc2O1. The predicted octanol–water partition coefficient (Wildman–Crippen LogP) is 1.47. The minimum atomic E-state index is -0.853. The van der Waals surface area contributed by atoms with Crippen LogP contribution >= 0.6 is 0 Å².